The molecule has 3 nitrogen and oxygen atoms in total. The monoisotopic (exact) mass is 244 g/mol. The Morgan fingerprint density at radius 2 is 2.17 bits per heavy atom. The first-order valence-corrected chi connectivity index (χ1v) is 6.76. The SMILES string of the molecule is Cc1ccccc1C1CC1C(=O)N1CC[C@@H](N)C1. The van der Waals surface area contributed by atoms with Crippen molar-refractivity contribution in [2.45, 2.75) is 31.7 Å². The maximum absolute atomic E-state index is 12.3. The molecule has 1 aromatic rings. The number of likely N-dealkylation sites (tertiary alicyclic amines) is 1. The lowest BCUT2D eigenvalue weighted by molar-refractivity contribution is -0.131. The number of benzene rings is 1. The van der Waals surface area contributed by atoms with E-state index in [-0.39, 0.29) is 12.0 Å². The summed E-state index contributed by atoms with van der Waals surface area (Å²) in [5.74, 6) is 0.961. The van der Waals surface area contributed by atoms with E-state index >= 15 is 0 Å². The molecule has 1 aromatic carbocycles. The second kappa shape index (κ2) is 4.39. The Labute approximate surface area is 108 Å². The summed E-state index contributed by atoms with van der Waals surface area (Å²) in [5.41, 5.74) is 8.51. The first-order chi connectivity index (χ1) is 8.66. The minimum atomic E-state index is 0.185. The Morgan fingerprint density at radius 3 is 2.83 bits per heavy atom. The predicted molar refractivity (Wildman–Crippen MR) is 71.2 cm³/mol. The third-order valence-corrected chi connectivity index (χ3v) is 4.23. The van der Waals surface area contributed by atoms with Gasteiger partial charge in [-0.1, -0.05) is 24.3 Å². The maximum Gasteiger partial charge on any atom is 0.226 e. The number of hydrogen-bond acceptors (Lipinski definition) is 2. The lowest BCUT2D eigenvalue weighted by atomic mass is 10.0. The van der Waals surface area contributed by atoms with Gasteiger partial charge in [-0.25, -0.2) is 0 Å². The van der Waals surface area contributed by atoms with Gasteiger partial charge < -0.3 is 10.6 Å². The lowest BCUT2D eigenvalue weighted by Crippen LogP contribution is -2.33. The summed E-state index contributed by atoms with van der Waals surface area (Å²) in [7, 11) is 0. The van der Waals surface area contributed by atoms with Crippen LogP contribution in [0.5, 0.6) is 0 Å². The quantitative estimate of drug-likeness (QED) is 0.860. The number of rotatable bonds is 2. The van der Waals surface area contributed by atoms with Gasteiger partial charge in [0.05, 0.1) is 0 Å². The molecule has 1 aliphatic carbocycles. The van der Waals surface area contributed by atoms with Crippen molar-refractivity contribution in [1.29, 1.82) is 0 Å². The molecule has 96 valence electrons. The van der Waals surface area contributed by atoms with Crippen LogP contribution in [0.25, 0.3) is 0 Å². The average molecular weight is 244 g/mol. The highest BCUT2D eigenvalue weighted by molar-refractivity contribution is 5.83. The summed E-state index contributed by atoms with van der Waals surface area (Å²) < 4.78 is 0. The van der Waals surface area contributed by atoms with E-state index in [0.29, 0.717) is 11.8 Å². The molecule has 0 bridgehead atoms. The fourth-order valence-corrected chi connectivity index (χ4v) is 3.04. The third-order valence-electron chi connectivity index (χ3n) is 4.23. The van der Waals surface area contributed by atoms with Crippen LogP contribution in [0, 0.1) is 12.8 Å². The van der Waals surface area contributed by atoms with E-state index in [9.17, 15) is 4.79 Å². The molecule has 1 saturated heterocycles. The van der Waals surface area contributed by atoms with Crippen LogP contribution in [0.2, 0.25) is 0 Å². The highest BCUT2D eigenvalue weighted by Gasteiger charge is 2.46. The minimum absolute atomic E-state index is 0.185. The summed E-state index contributed by atoms with van der Waals surface area (Å²) >= 11 is 0. The van der Waals surface area contributed by atoms with Gasteiger partial charge in [0.1, 0.15) is 0 Å². The van der Waals surface area contributed by atoms with Crippen LogP contribution < -0.4 is 5.73 Å². The van der Waals surface area contributed by atoms with Crippen LogP contribution in [0.15, 0.2) is 24.3 Å². The zero-order valence-corrected chi connectivity index (χ0v) is 10.8. The van der Waals surface area contributed by atoms with Gasteiger partial charge in [-0.15, -0.1) is 0 Å². The Bertz CT molecular complexity index is 471. The molecule has 18 heavy (non-hydrogen) atoms. The van der Waals surface area contributed by atoms with Gasteiger partial charge >= 0.3 is 0 Å². The van der Waals surface area contributed by atoms with E-state index in [1.165, 1.54) is 11.1 Å². The standard InChI is InChI=1S/C15H20N2O/c1-10-4-2-3-5-12(10)13-8-14(13)15(18)17-7-6-11(16)9-17/h2-5,11,13-14H,6-9,16H2,1H3/t11-,13?,14?/m1/s1. The first-order valence-electron chi connectivity index (χ1n) is 6.76. The first kappa shape index (κ1) is 11.7. The molecular weight excluding hydrogens is 224 g/mol. The number of nitrogens with two attached hydrogens (primary N) is 1. The highest BCUT2D eigenvalue weighted by Crippen LogP contribution is 2.49. The number of hydrogen-bond donors (Lipinski definition) is 1. The summed E-state index contributed by atoms with van der Waals surface area (Å²) in [6, 6.07) is 8.58. The minimum Gasteiger partial charge on any atom is -0.341 e. The van der Waals surface area contributed by atoms with E-state index in [1.807, 2.05) is 4.90 Å². The normalized spacial score (nSPS) is 30.6. The van der Waals surface area contributed by atoms with Gasteiger partial charge in [0.25, 0.3) is 0 Å². The molecule has 0 aromatic heterocycles. The fourth-order valence-electron chi connectivity index (χ4n) is 3.04. The van der Waals surface area contributed by atoms with Gasteiger partial charge in [0.15, 0.2) is 0 Å². The van der Waals surface area contributed by atoms with Gasteiger partial charge in [-0.2, -0.15) is 0 Å². The topological polar surface area (TPSA) is 46.3 Å². The summed E-state index contributed by atoms with van der Waals surface area (Å²) in [6.45, 7) is 3.72. The van der Waals surface area contributed by atoms with Gasteiger partial charge in [0.2, 0.25) is 5.91 Å². The Kier molecular flexibility index (Phi) is 2.86. The van der Waals surface area contributed by atoms with Crippen LogP contribution in [-0.2, 0) is 4.79 Å². The van der Waals surface area contributed by atoms with Crippen molar-refractivity contribution in [3.8, 4) is 0 Å². The van der Waals surface area contributed by atoms with Crippen molar-refractivity contribution in [2.75, 3.05) is 13.1 Å². The molecule has 0 radical (unpaired) electrons. The molecule has 1 amide bonds. The molecule has 2 N–H and O–H groups in total. The van der Waals surface area contributed by atoms with E-state index < -0.39 is 0 Å². The molecule has 1 aliphatic heterocycles. The predicted octanol–water partition coefficient (Wildman–Crippen LogP) is 1.66. The van der Waals surface area contributed by atoms with Crippen LogP contribution in [0.1, 0.15) is 29.9 Å². The van der Waals surface area contributed by atoms with Gasteiger partial charge in [-0.05, 0) is 36.8 Å². The number of carbonyl (C=O) groups is 1. The number of carbonyl (C=O) groups excluding carboxylic acids is 1. The zero-order chi connectivity index (χ0) is 12.7. The van der Waals surface area contributed by atoms with Crippen molar-refractivity contribution >= 4 is 5.91 Å². The van der Waals surface area contributed by atoms with Gasteiger partial charge in [0, 0.05) is 25.0 Å². The third kappa shape index (κ3) is 2.03. The van der Waals surface area contributed by atoms with Crippen LogP contribution in [-0.4, -0.2) is 29.9 Å². The zero-order valence-electron chi connectivity index (χ0n) is 10.8. The van der Waals surface area contributed by atoms with Gasteiger partial charge in [-0.3, -0.25) is 4.79 Å². The largest absolute Gasteiger partial charge is 0.341 e. The van der Waals surface area contributed by atoms with Crippen molar-refractivity contribution < 1.29 is 4.79 Å². The molecular formula is C15H20N2O. The molecule has 2 fully saturated rings. The second-order valence-electron chi connectivity index (χ2n) is 5.64. The lowest BCUT2D eigenvalue weighted by Gasteiger charge is -2.16. The molecule has 0 spiro atoms. The molecule has 3 rings (SSSR count). The Morgan fingerprint density at radius 1 is 1.39 bits per heavy atom. The average Bonchev–Trinajstić information content (AvgIpc) is 3.03. The molecule has 2 unspecified atom stereocenters. The van der Waals surface area contributed by atoms with E-state index in [4.69, 9.17) is 5.73 Å². The van der Waals surface area contributed by atoms with Crippen LogP contribution in [0.3, 0.4) is 0 Å². The smallest absolute Gasteiger partial charge is 0.226 e. The molecule has 1 saturated carbocycles. The Balaban J connectivity index is 1.67. The molecule has 3 atom stereocenters. The van der Waals surface area contributed by atoms with Crippen molar-refractivity contribution in [3.63, 3.8) is 0 Å². The number of nitrogens with zero attached hydrogens (tertiary/aromatic N) is 1. The van der Waals surface area contributed by atoms with Crippen molar-refractivity contribution in [3.05, 3.63) is 35.4 Å². The molecule has 1 heterocycles. The Hall–Kier alpha value is -1.35. The van der Waals surface area contributed by atoms with Crippen LogP contribution in [0.4, 0.5) is 0 Å². The van der Waals surface area contributed by atoms with E-state index in [1.54, 1.807) is 0 Å². The van der Waals surface area contributed by atoms with Crippen LogP contribution >= 0.6 is 0 Å². The summed E-state index contributed by atoms with van der Waals surface area (Å²) in [5, 5.41) is 0. The van der Waals surface area contributed by atoms with E-state index in [2.05, 4.69) is 31.2 Å². The summed E-state index contributed by atoms with van der Waals surface area (Å²) in [4.78, 5) is 14.3. The fraction of sp³-hybridized carbons (Fsp3) is 0.533. The second-order valence-corrected chi connectivity index (χ2v) is 5.64. The number of amides is 1. The van der Waals surface area contributed by atoms with E-state index in [0.717, 1.165) is 25.9 Å². The van der Waals surface area contributed by atoms with Crippen molar-refractivity contribution in [2.24, 2.45) is 11.7 Å². The highest BCUT2D eigenvalue weighted by atomic mass is 16.2. The molecule has 2 aliphatic rings. The molecule has 3 heteroatoms. The maximum atomic E-state index is 12.3. The number of aryl methyl sites for hydroxylation is 1. The summed E-state index contributed by atoms with van der Waals surface area (Å²) in [6.07, 6.45) is 1.96. The van der Waals surface area contributed by atoms with Crippen molar-refractivity contribution in [1.82, 2.24) is 4.90 Å².